The number of aliphatic imine (C=N–C) groups is 1. The van der Waals surface area contributed by atoms with Gasteiger partial charge in [0.2, 0.25) is 5.88 Å². The van der Waals surface area contributed by atoms with E-state index in [0.717, 1.165) is 16.8 Å². The molecule has 0 aliphatic rings. The summed E-state index contributed by atoms with van der Waals surface area (Å²) in [7, 11) is 1.61. The molecule has 2 rings (SSSR count). The standard InChI is InChI=1S/C17H22F3N5OS.HI/c1-11(2)13-10-27-14(25-13)9-24-16(21-3)23-7-8-26-15-12(17(18,19)20)5-4-6-22-15;/h4-6,10-11H,7-9H2,1-3H3,(H2,21,23,24);1H. The first-order valence-electron chi connectivity index (χ1n) is 8.35. The number of nitrogens with one attached hydrogen (secondary N) is 2. The lowest BCUT2D eigenvalue weighted by Crippen LogP contribution is -2.39. The molecule has 0 amide bonds. The van der Waals surface area contributed by atoms with Gasteiger partial charge in [0.05, 0.1) is 18.8 Å². The van der Waals surface area contributed by atoms with Gasteiger partial charge in [0.25, 0.3) is 0 Å². The number of thiazole rings is 1. The normalized spacial score (nSPS) is 11.9. The minimum absolute atomic E-state index is 0. The molecule has 28 heavy (non-hydrogen) atoms. The highest BCUT2D eigenvalue weighted by Gasteiger charge is 2.34. The maximum Gasteiger partial charge on any atom is 0.421 e. The molecule has 2 aromatic heterocycles. The Morgan fingerprint density at radius 3 is 2.68 bits per heavy atom. The van der Waals surface area contributed by atoms with Gasteiger partial charge in [-0.1, -0.05) is 13.8 Å². The summed E-state index contributed by atoms with van der Waals surface area (Å²) < 4.78 is 43.8. The largest absolute Gasteiger partial charge is 0.475 e. The molecule has 0 fully saturated rings. The average molecular weight is 529 g/mol. The predicted molar refractivity (Wildman–Crippen MR) is 115 cm³/mol. The Morgan fingerprint density at radius 1 is 1.32 bits per heavy atom. The Bertz CT molecular complexity index is 767. The van der Waals surface area contributed by atoms with Crippen molar-refractivity contribution in [2.45, 2.75) is 32.5 Å². The fraction of sp³-hybridized carbons (Fsp3) is 0.471. The van der Waals surface area contributed by atoms with E-state index in [2.05, 4.69) is 39.4 Å². The summed E-state index contributed by atoms with van der Waals surface area (Å²) in [5, 5.41) is 9.04. The van der Waals surface area contributed by atoms with Crippen LogP contribution in [0.3, 0.4) is 0 Å². The van der Waals surface area contributed by atoms with Gasteiger partial charge in [0.15, 0.2) is 5.96 Å². The molecule has 0 saturated heterocycles. The van der Waals surface area contributed by atoms with Gasteiger partial charge in [-0.25, -0.2) is 9.97 Å². The van der Waals surface area contributed by atoms with Crippen molar-refractivity contribution in [3.05, 3.63) is 40.0 Å². The minimum atomic E-state index is -4.50. The molecule has 2 heterocycles. The van der Waals surface area contributed by atoms with E-state index in [1.165, 1.54) is 12.3 Å². The zero-order valence-corrected chi connectivity index (χ0v) is 18.9. The number of pyridine rings is 1. The Balaban J connectivity index is 0.00000392. The first kappa shape index (κ1) is 24.4. The molecule has 0 atom stereocenters. The number of halogens is 4. The average Bonchev–Trinajstić information content (AvgIpc) is 3.10. The lowest BCUT2D eigenvalue weighted by molar-refractivity contribution is -0.139. The van der Waals surface area contributed by atoms with E-state index in [0.29, 0.717) is 18.4 Å². The van der Waals surface area contributed by atoms with Crippen LogP contribution in [0.15, 0.2) is 28.7 Å². The van der Waals surface area contributed by atoms with Gasteiger partial charge in [-0.05, 0) is 18.1 Å². The second-order valence-electron chi connectivity index (χ2n) is 5.88. The monoisotopic (exact) mass is 529 g/mol. The molecule has 0 aliphatic heterocycles. The molecule has 0 radical (unpaired) electrons. The molecule has 0 spiro atoms. The minimum Gasteiger partial charge on any atom is -0.475 e. The van der Waals surface area contributed by atoms with Gasteiger partial charge in [-0.2, -0.15) is 13.2 Å². The second kappa shape index (κ2) is 11.4. The van der Waals surface area contributed by atoms with Crippen molar-refractivity contribution in [1.82, 2.24) is 20.6 Å². The molecule has 0 aliphatic carbocycles. The number of hydrogen-bond donors (Lipinski definition) is 2. The highest BCUT2D eigenvalue weighted by atomic mass is 127. The molecule has 6 nitrogen and oxygen atoms in total. The number of hydrogen-bond acceptors (Lipinski definition) is 5. The van der Waals surface area contributed by atoms with Crippen LogP contribution in [0.25, 0.3) is 0 Å². The van der Waals surface area contributed by atoms with Crippen molar-refractivity contribution >= 4 is 41.3 Å². The van der Waals surface area contributed by atoms with Crippen molar-refractivity contribution in [2.24, 2.45) is 4.99 Å². The van der Waals surface area contributed by atoms with Crippen LogP contribution in [0.2, 0.25) is 0 Å². The van der Waals surface area contributed by atoms with Crippen LogP contribution < -0.4 is 15.4 Å². The Kier molecular flexibility index (Phi) is 9.93. The van der Waals surface area contributed by atoms with Gasteiger partial charge in [-0.3, -0.25) is 4.99 Å². The van der Waals surface area contributed by atoms with Crippen LogP contribution in [-0.4, -0.2) is 36.1 Å². The molecule has 0 bridgehead atoms. The van der Waals surface area contributed by atoms with Crippen LogP contribution in [0.1, 0.15) is 36.0 Å². The first-order chi connectivity index (χ1) is 12.8. The SMILES string of the molecule is CN=C(NCCOc1ncccc1C(F)(F)F)NCc1nc(C(C)C)cs1.I. The van der Waals surface area contributed by atoms with E-state index in [9.17, 15) is 13.2 Å². The second-order valence-corrected chi connectivity index (χ2v) is 6.82. The number of aromatic nitrogens is 2. The summed E-state index contributed by atoms with van der Waals surface area (Å²) in [6.07, 6.45) is -3.24. The third-order valence-electron chi connectivity index (χ3n) is 3.50. The van der Waals surface area contributed by atoms with Gasteiger partial charge in [0.1, 0.15) is 17.2 Å². The summed E-state index contributed by atoms with van der Waals surface area (Å²) in [5.74, 6) is 0.452. The van der Waals surface area contributed by atoms with Crippen LogP contribution >= 0.6 is 35.3 Å². The molecule has 2 aromatic rings. The van der Waals surface area contributed by atoms with Gasteiger partial charge in [0, 0.05) is 18.6 Å². The predicted octanol–water partition coefficient (Wildman–Crippen LogP) is 4.04. The number of alkyl halides is 3. The van der Waals surface area contributed by atoms with Crippen molar-refractivity contribution in [3.63, 3.8) is 0 Å². The molecule has 2 N–H and O–H groups in total. The van der Waals surface area contributed by atoms with Gasteiger partial charge in [-0.15, -0.1) is 35.3 Å². The summed E-state index contributed by atoms with van der Waals surface area (Å²) >= 11 is 1.56. The molecular weight excluding hydrogens is 506 g/mol. The Hall–Kier alpha value is -1.63. The molecule has 0 saturated carbocycles. The van der Waals surface area contributed by atoms with E-state index in [1.54, 1.807) is 18.4 Å². The molecular formula is C17H23F3IN5OS. The molecule has 156 valence electrons. The summed E-state index contributed by atoms with van der Waals surface area (Å²) in [6.45, 7) is 4.95. The number of guanidine groups is 1. The van der Waals surface area contributed by atoms with E-state index in [4.69, 9.17) is 4.74 Å². The number of rotatable bonds is 7. The van der Waals surface area contributed by atoms with E-state index >= 15 is 0 Å². The maximum atomic E-state index is 12.9. The Morgan fingerprint density at radius 2 is 2.07 bits per heavy atom. The van der Waals surface area contributed by atoms with Gasteiger partial charge < -0.3 is 15.4 Å². The van der Waals surface area contributed by atoms with Crippen LogP contribution in [-0.2, 0) is 12.7 Å². The number of ether oxygens (including phenoxy) is 1. The lowest BCUT2D eigenvalue weighted by Gasteiger charge is -2.14. The fourth-order valence-corrected chi connectivity index (χ4v) is 2.99. The van der Waals surface area contributed by atoms with Crippen LogP contribution in [0.4, 0.5) is 13.2 Å². The van der Waals surface area contributed by atoms with Crippen LogP contribution in [0, 0.1) is 0 Å². The van der Waals surface area contributed by atoms with Crippen molar-refractivity contribution in [3.8, 4) is 5.88 Å². The highest BCUT2D eigenvalue weighted by molar-refractivity contribution is 14.0. The van der Waals surface area contributed by atoms with Gasteiger partial charge >= 0.3 is 6.18 Å². The fourth-order valence-electron chi connectivity index (χ4n) is 2.09. The third kappa shape index (κ3) is 7.41. The summed E-state index contributed by atoms with van der Waals surface area (Å²) in [6, 6.07) is 2.17. The maximum absolute atomic E-state index is 12.9. The first-order valence-corrected chi connectivity index (χ1v) is 9.23. The summed E-state index contributed by atoms with van der Waals surface area (Å²) in [4.78, 5) is 12.2. The van der Waals surface area contributed by atoms with Crippen molar-refractivity contribution < 1.29 is 17.9 Å². The van der Waals surface area contributed by atoms with Crippen molar-refractivity contribution in [1.29, 1.82) is 0 Å². The molecule has 11 heteroatoms. The smallest absolute Gasteiger partial charge is 0.421 e. The quantitative estimate of drug-likeness (QED) is 0.245. The Labute approximate surface area is 183 Å². The highest BCUT2D eigenvalue weighted by Crippen LogP contribution is 2.34. The van der Waals surface area contributed by atoms with E-state index in [-0.39, 0.29) is 37.1 Å². The summed E-state index contributed by atoms with van der Waals surface area (Å²) in [5.41, 5.74) is 0.154. The van der Waals surface area contributed by atoms with Crippen molar-refractivity contribution in [2.75, 3.05) is 20.2 Å². The number of nitrogens with zero attached hydrogens (tertiary/aromatic N) is 3. The lowest BCUT2D eigenvalue weighted by atomic mass is 10.2. The zero-order valence-electron chi connectivity index (χ0n) is 15.7. The molecule has 0 unspecified atom stereocenters. The van der Waals surface area contributed by atoms with Crippen LogP contribution in [0.5, 0.6) is 5.88 Å². The third-order valence-corrected chi connectivity index (χ3v) is 4.37. The van der Waals surface area contributed by atoms with E-state index < -0.39 is 17.6 Å². The topological polar surface area (TPSA) is 71.4 Å². The zero-order chi connectivity index (χ0) is 19.9. The van der Waals surface area contributed by atoms with E-state index in [1.807, 2.05) is 5.38 Å². The molecule has 0 aromatic carbocycles.